The SMILES string of the molecule is O=S(=O)(c1cccc2nonc12)N1CCNCC1c1ccccc1Cl. The first-order chi connectivity index (χ1) is 12.1. The summed E-state index contributed by atoms with van der Waals surface area (Å²) in [4.78, 5) is 0.0882. The summed E-state index contributed by atoms with van der Waals surface area (Å²) in [6, 6.07) is 11.7. The quantitative estimate of drug-likeness (QED) is 0.751. The van der Waals surface area contributed by atoms with Crippen LogP contribution in [0.5, 0.6) is 0 Å². The molecule has 3 aromatic rings. The Balaban J connectivity index is 1.83. The molecule has 0 radical (unpaired) electrons. The molecule has 4 rings (SSSR count). The van der Waals surface area contributed by atoms with Crippen molar-refractivity contribution in [1.29, 1.82) is 0 Å². The zero-order valence-electron chi connectivity index (χ0n) is 13.1. The van der Waals surface area contributed by atoms with Crippen molar-refractivity contribution >= 4 is 32.7 Å². The maximum Gasteiger partial charge on any atom is 0.246 e. The standard InChI is InChI=1S/C16H15ClN4O3S/c17-12-5-2-1-4-11(12)14-10-18-8-9-21(14)25(22,23)15-7-3-6-13-16(15)20-24-19-13/h1-7,14,18H,8-10H2. The molecule has 130 valence electrons. The van der Waals surface area contributed by atoms with Gasteiger partial charge in [0.25, 0.3) is 0 Å². The fourth-order valence-electron chi connectivity index (χ4n) is 3.10. The molecule has 9 heteroatoms. The van der Waals surface area contributed by atoms with E-state index in [1.165, 1.54) is 10.4 Å². The Labute approximate surface area is 149 Å². The van der Waals surface area contributed by atoms with E-state index in [0.29, 0.717) is 30.2 Å². The van der Waals surface area contributed by atoms with E-state index < -0.39 is 16.1 Å². The van der Waals surface area contributed by atoms with E-state index in [-0.39, 0.29) is 10.4 Å². The molecule has 1 saturated heterocycles. The molecule has 0 saturated carbocycles. The lowest BCUT2D eigenvalue weighted by atomic mass is 10.1. The lowest BCUT2D eigenvalue weighted by Gasteiger charge is -2.35. The van der Waals surface area contributed by atoms with Crippen LogP contribution in [0.15, 0.2) is 52.0 Å². The second kappa shape index (κ2) is 6.38. The Morgan fingerprint density at radius 2 is 2.00 bits per heavy atom. The van der Waals surface area contributed by atoms with Gasteiger partial charge >= 0.3 is 0 Å². The van der Waals surface area contributed by atoms with E-state index in [4.69, 9.17) is 16.2 Å². The summed E-state index contributed by atoms with van der Waals surface area (Å²) in [5.74, 6) is 0. The van der Waals surface area contributed by atoms with Gasteiger partial charge in [0.2, 0.25) is 10.0 Å². The molecule has 0 bridgehead atoms. The number of sulfonamides is 1. The Morgan fingerprint density at radius 1 is 1.16 bits per heavy atom. The van der Waals surface area contributed by atoms with Crippen LogP contribution in [0, 0.1) is 0 Å². The van der Waals surface area contributed by atoms with Crippen LogP contribution in [0.4, 0.5) is 0 Å². The fourth-order valence-corrected chi connectivity index (χ4v) is 5.11. The molecule has 1 atom stereocenters. The number of aromatic nitrogens is 2. The molecule has 2 aromatic carbocycles. The summed E-state index contributed by atoms with van der Waals surface area (Å²) in [5, 5.41) is 11.3. The van der Waals surface area contributed by atoms with Gasteiger partial charge in [-0.1, -0.05) is 35.9 Å². The van der Waals surface area contributed by atoms with Crippen LogP contribution in [0.2, 0.25) is 5.02 Å². The zero-order valence-corrected chi connectivity index (χ0v) is 14.7. The first-order valence-corrected chi connectivity index (χ1v) is 9.59. The average Bonchev–Trinajstić information content (AvgIpc) is 3.11. The number of hydrogen-bond donors (Lipinski definition) is 1. The summed E-state index contributed by atoms with van der Waals surface area (Å²) in [7, 11) is -3.80. The van der Waals surface area contributed by atoms with Gasteiger partial charge in [-0.15, -0.1) is 0 Å². The van der Waals surface area contributed by atoms with E-state index in [2.05, 4.69) is 15.6 Å². The molecule has 1 aliphatic rings. The van der Waals surface area contributed by atoms with Crippen molar-refractivity contribution in [2.75, 3.05) is 19.6 Å². The molecule has 1 fully saturated rings. The highest BCUT2D eigenvalue weighted by molar-refractivity contribution is 7.89. The van der Waals surface area contributed by atoms with Gasteiger partial charge in [0.15, 0.2) is 5.52 Å². The molecule has 1 aromatic heterocycles. The highest BCUT2D eigenvalue weighted by Crippen LogP contribution is 2.34. The Bertz CT molecular complexity index is 1020. The second-order valence-corrected chi connectivity index (χ2v) is 8.01. The third kappa shape index (κ3) is 2.81. The van der Waals surface area contributed by atoms with Crippen LogP contribution in [-0.2, 0) is 10.0 Å². The van der Waals surface area contributed by atoms with Crippen molar-refractivity contribution in [3.63, 3.8) is 0 Å². The van der Waals surface area contributed by atoms with E-state index in [9.17, 15) is 8.42 Å². The first-order valence-electron chi connectivity index (χ1n) is 7.77. The molecule has 1 N–H and O–H groups in total. The Hall–Kier alpha value is -2.00. The number of benzene rings is 2. The van der Waals surface area contributed by atoms with Crippen LogP contribution in [0.1, 0.15) is 11.6 Å². The normalized spacial score (nSPS) is 19.3. The molecule has 1 unspecified atom stereocenters. The molecule has 0 amide bonds. The van der Waals surface area contributed by atoms with Crippen molar-refractivity contribution in [2.24, 2.45) is 0 Å². The second-order valence-electron chi connectivity index (χ2n) is 5.75. The van der Waals surface area contributed by atoms with Crippen molar-refractivity contribution in [3.8, 4) is 0 Å². The highest BCUT2D eigenvalue weighted by Gasteiger charge is 2.36. The molecule has 1 aliphatic heterocycles. The molecular weight excluding hydrogens is 364 g/mol. The highest BCUT2D eigenvalue weighted by atomic mass is 35.5. The predicted octanol–water partition coefficient (Wildman–Crippen LogP) is 2.21. The van der Waals surface area contributed by atoms with Crippen LogP contribution in [0.3, 0.4) is 0 Å². The maximum absolute atomic E-state index is 13.3. The number of nitrogens with one attached hydrogen (secondary N) is 1. The van der Waals surface area contributed by atoms with Gasteiger partial charge in [0.1, 0.15) is 10.4 Å². The van der Waals surface area contributed by atoms with Gasteiger partial charge in [-0.3, -0.25) is 0 Å². The average molecular weight is 379 g/mol. The lowest BCUT2D eigenvalue weighted by molar-refractivity contribution is 0.271. The minimum absolute atomic E-state index is 0.0882. The van der Waals surface area contributed by atoms with Crippen LogP contribution >= 0.6 is 11.6 Å². The fraction of sp³-hybridized carbons (Fsp3) is 0.250. The van der Waals surface area contributed by atoms with E-state index >= 15 is 0 Å². The summed E-state index contributed by atoms with van der Waals surface area (Å²) < 4.78 is 32.8. The van der Waals surface area contributed by atoms with Crippen molar-refractivity contribution in [2.45, 2.75) is 10.9 Å². The number of hydrogen-bond acceptors (Lipinski definition) is 6. The number of nitrogens with zero attached hydrogens (tertiary/aromatic N) is 3. The predicted molar refractivity (Wildman–Crippen MR) is 92.8 cm³/mol. The smallest absolute Gasteiger partial charge is 0.246 e. The molecule has 25 heavy (non-hydrogen) atoms. The third-order valence-corrected chi connectivity index (χ3v) is 6.58. The molecular formula is C16H15ClN4O3S. The first kappa shape index (κ1) is 16.5. The Morgan fingerprint density at radius 3 is 2.84 bits per heavy atom. The van der Waals surface area contributed by atoms with Crippen molar-refractivity contribution in [1.82, 2.24) is 19.9 Å². The van der Waals surface area contributed by atoms with Crippen molar-refractivity contribution < 1.29 is 13.0 Å². The molecule has 7 nitrogen and oxygen atoms in total. The van der Waals surface area contributed by atoms with Gasteiger partial charge < -0.3 is 5.32 Å². The number of fused-ring (bicyclic) bond motifs is 1. The van der Waals surface area contributed by atoms with Gasteiger partial charge in [-0.25, -0.2) is 13.0 Å². The zero-order chi connectivity index (χ0) is 17.4. The van der Waals surface area contributed by atoms with E-state index in [1.54, 1.807) is 18.2 Å². The summed E-state index contributed by atoms with van der Waals surface area (Å²) in [6.07, 6.45) is 0. The van der Waals surface area contributed by atoms with Gasteiger partial charge in [0, 0.05) is 24.7 Å². The number of rotatable bonds is 3. The van der Waals surface area contributed by atoms with Crippen LogP contribution in [0.25, 0.3) is 11.0 Å². The molecule has 2 heterocycles. The minimum Gasteiger partial charge on any atom is -0.313 e. The van der Waals surface area contributed by atoms with Gasteiger partial charge in [-0.05, 0) is 34.1 Å². The van der Waals surface area contributed by atoms with E-state index in [0.717, 1.165) is 5.56 Å². The summed E-state index contributed by atoms with van der Waals surface area (Å²) in [5.41, 5.74) is 1.41. The van der Waals surface area contributed by atoms with Crippen molar-refractivity contribution in [3.05, 3.63) is 53.1 Å². The third-order valence-electron chi connectivity index (χ3n) is 4.29. The van der Waals surface area contributed by atoms with E-state index in [1.807, 2.05) is 18.2 Å². The topological polar surface area (TPSA) is 88.3 Å². The summed E-state index contributed by atoms with van der Waals surface area (Å²) in [6.45, 7) is 1.38. The van der Waals surface area contributed by atoms with Gasteiger partial charge in [0.05, 0.1) is 6.04 Å². The minimum atomic E-state index is -3.80. The molecule has 0 spiro atoms. The largest absolute Gasteiger partial charge is 0.313 e. The number of piperazine rings is 1. The maximum atomic E-state index is 13.3. The van der Waals surface area contributed by atoms with Gasteiger partial charge in [-0.2, -0.15) is 4.31 Å². The van der Waals surface area contributed by atoms with Crippen LogP contribution in [-0.4, -0.2) is 42.7 Å². The molecule has 0 aliphatic carbocycles. The monoisotopic (exact) mass is 378 g/mol. The van der Waals surface area contributed by atoms with Crippen LogP contribution < -0.4 is 5.32 Å². The lowest BCUT2D eigenvalue weighted by Crippen LogP contribution is -2.48. The Kier molecular flexibility index (Phi) is 4.20. The number of halogens is 1. The summed E-state index contributed by atoms with van der Waals surface area (Å²) >= 11 is 6.31.